The van der Waals surface area contributed by atoms with E-state index in [1.807, 2.05) is 82.3 Å². The molecular weight excluding hydrogens is 534 g/mol. The molecule has 0 aliphatic rings. The minimum atomic E-state index is -3.85. The van der Waals surface area contributed by atoms with Crippen molar-refractivity contribution in [2.45, 2.75) is 52.2 Å². The molecule has 0 aliphatic heterocycles. The molecule has 0 aromatic heterocycles. The monoisotopic (exact) mass is 569 g/mol. The fourth-order valence-electron chi connectivity index (χ4n) is 4.14. The Kier molecular flexibility index (Phi) is 9.80. The van der Waals surface area contributed by atoms with E-state index in [0.717, 1.165) is 27.3 Å². The summed E-state index contributed by atoms with van der Waals surface area (Å²) in [4.78, 5) is 29.2. The van der Waals surface area contributed by atoms with Gasteiger partial charge in [-0.2, -0.15) is 0 Å². The van der Waals surface area contributed by atoms with Crippen LogP contribution in [0.2, 0.25) is 5.02 Å². The van der Waals surface area contributed by atoms with Gasteiger partial charge in [0.05, 0.1) is 11.9 Å². The fourth-order valence-corrected chi connectivity index (χ4v) is 5.17. The summed E-state index contributed by atoms with van der Waals surface area (Å²) in [7, 11) is -3.85. The number of nitrogens with one attached hydrogen (secondary N) is 1. The van der Waals surface area contributed by atoms with Gasteiger partial charge in [-0.15, -0.1) is 0 Å². The number of sulfonamides is 1. The first-order valence-electron chi connectivity index (χ1n) is 12.7. The van der Waals surface area contributed by atoms with Crippen molar-refractivity contribution in [3.8, 4) is 0 Å². The number of amides is 2. The van der Waals surface area contributed by atoms with Gasteiger partial charge in [-0.25, -0.2) is 8.42 Å². The molecule has 3 rings (SSSR count). The molecule has 0 spiro atoms. The first-order chi connectivity index (χ1) is 18.2. The number of halogens is 1. The van der Waals surface area contributed by atoms with Crippen molar-refractivity contribution in [3.63, 3.8) is 0 Å². The Hall–Kier alpha value is -3.36. The molecule has 0 heterocycles. The van der Waals surface area contributed by atoms with Crippen LogP contribution in [0.5, 0.6) is 0 Å². The van der Waals surface area contributed by atoms with Crippen LogP contribution in [0, 0.1) is 6.92 Å². The third kappa shape index (κ3) is 9.11. The van der Waals surface area contributed by atoms with Gasteiger partial charge in [-0.1, -0.05) is 77.8 Å². The van der Waals surface area contributed by atoms with Gasteiger partial charge in [0.15, 0.2) is 0 Å². The van der Waals surface area contributed by atoms with E-state index >= 15 is 0 Å². The highest BCUT2D eigenvalue weighted by atomic mass is 35.5. The van der Waals surface area contributed by atoms with Gasteiger partial charge in [0, 0.05) is 23.5 Å². The van der Waals surface area contributed by atoms with Gasteiger partial charge in [0.2, 0.25) is 21.8 Å². The average Bonchev–Trinajstić information content (AvgIpc) is 2.84. The molecule has 0 saturated carbocycles. The molecule has 0 radical (unpaired) electrons. The standard InChI is InChI=1S/C30H36ClN3O4S/c1-22-14-16-24(17-15-22)20-33(27(29(36)32-30(2,3)4)18-23-10-7-6-8-11-23)28(35)21-34(39(5,37)38)26-13-9-12-25(31)19-26/h6-17,19,27H,18,20-21H2,1-5H3,(H,32,36)/t27-/m0/s1. The van der Waals surface area contributed by atoms with Crippen LogP contribution >= 0.6 is 11.6 Å². The molecule has 39 heavy (non-hydrogen) atoms. The maximum atomic E-state index is 14.0. The fraction of sp³-hybridized carbons (Fsp3) is 0.333. The van der Waals surface area contributed by atoms with E-state index in [-0.39, 0.29) is 24.6 Å². The number of aryl methyl sites for hydroxylation is 1. The molecule has 0 unspecified atom stereocenters. The van der Waals surface area contributed by atoms with Crippen molar-refractivity contribution in [1.29, 1.82) is 0 Å². The Morgan fingerprint density at radius 3 is 2.13 bits per heavy atom. The zero-order valence-corrected chi connectivity index (χ0v) is 24.6. The van der Waals surface area contributed by atoms with Crippen LogP contribution in [0.25, 0.3) is 0 Å². The Morgan fingerprint density at radius 2 is 1.56 bits per heavy atom. The van der Waals surface area contributed by atoms with Crippen LogP contribution < -0.4 is 9.62 Å². The molecule has 0 saturated heterocycles. The Bertz CT molecular complexity index is 1390. The first kappa shape index (κ1) is 30.2. The zero-order valence-electron chi connectivity index (χ0n) is 23.0. The van der Waals surface area contributed by atoms with Gasteiger partial charge in [0.25, 0.3) is 0 Å². The van der Waals surface area contributed by atoms with E-state index in [4.69, 9.17) is 11.6 Å². The number of hydrogen-bond acceptors (Lipinski definition) is 4. The Morgan fingerprint density at radius 1 is 0.923 bits per heavy atom. The van der Waals surface area contributed by atoms with E-state index in [1.165, 1.54) is 11.0 Å². The zero-order chi connectivity index (χ0) is 28.8. The molecule has 2 amide bonds. The van der Waals surface area contributed by atoms with E-state index in [1.54, 1.807) is 18.2 Å². The van der Waals surface area contributed by atoms with Gasteiger partial charge >= 0.3 is 0 Å². The van der Waals surface area contributed by atoms with Crippen LogP contribution in [0.3, 0.4) is 0 Å². The van der Waals surface area contributed by atoms with E-state index in [0.29, 0.717) is 5.02 Å². The number of anilines is 1. The molecule has 3 aromatic carbocycles. The molecule has 7 nitrogen and oxygen atoms in total. The second-order valence-electron chi connectivity index (χ2n) is 10.7. The van der Waals surface area contributed by atoms with Crippen molar-refractivity contribution >= 4 is 39.1 Å². The third-order valence-corrected chi connectivity index (χ3v) is 7.39. The highest BCUT2D eigenvalue weighted by molar-refractivity contribution is 7.92. The number of carbonyl (C=O) groups is 2. The lowest BCUT2D eigenvalue weighted by molar-refractivity contribution is -0.140. The summed E-state index contributed by atoms with van der Waals surface area (Å²) in [5, 5.41) is 3.35. The molecule has 208 valence electrons. The van der Waals surface area contributed by atoms with Crippen LogP contribution in [-0.4, -0.2) is 49.5 Å². The molecule has 1 N–H and O–H groups in total. The third-order valence-electron chi connectivity index (χ3n) is 6.02. The van der Waals surface area contributed by atoms with Crippen LogP contribution in [0.15, 0.2) is 78.9 Å². The Balaban J connectivity index is 2.07. The van der Waals surface area contributed by atoms with Gasteiger partial charge < -0.3 is 10.2 Å². The van der Waals surface area contributed by atoms with Crippen molar-refractivity contribution in [1.82, 2.24) is 10.2 Å². The molecular formula is C30H36ClN3O4S. The van der Waals surface area contributed by atoms with Crippen LogP contribution in [0.4, 0.5) is 5.69 Å². The van der Waals surface area contributed by atoms with E-state index in [2.05, 4.69) is 5.32 Å². The SMILES string of the molecule is Cc1ccc(CN(C(=O)CN(c2cccc(Cl)c2)S(C)(=O)=O)[C@@H](Cc2ccccc2)C(=O)NC(C)(C)C)cc1. The number of rotatable bonds is 10. The maximum Gasteiger partial charge on any atom is 0.244 e. The number of benzene rings is 3. The minimum Gasteiger partial charge on any atom is -0.350 e. The van der Waals surface area contributed by atoms with Crippen molar-refractivity contribution < 1.29 is 18.0 Å². The largest absolute Gasteiger partial charge is 0.350 e. The van der Waals surface area contributed by atoms with Crippen LogP contribution in [-0.2, 0) is 32.6 Å². The van der Waals surface area contributed by atoms with Gasteiger partial charge in [-0.3, -0.25) is 13.9 Å². The number of nitrogens with zero attached hydrogens (tertiary/aromatic N) is 2. The quantitative estimate of drug-likeness (QED) is 0.373. The highest BCUT2D eigenvalue weighted by Gasteiger charge is 2.34. The molecule has 9 heteroatoms. The van der Waals surface area contributed by atoms with Crippen molar-refractivity contribution in [3.05, 3.63) is 101 Å². The molecule has 1 atom stereocenters. The summed E-state index contributed by atoms with van der Waals surface area (Å²) in [6, 6.07) is 22.6. The predicted octanol–water partition coefficient (Wildman–Crippen LogP) is 4.97. The lowest BCUT2D eigenvalue weighted by Gasteiger charge is -2.35. The van der Waals surface area contributed by atoms with Crippen molar-refractivity contribution in [2.24, 2.45) is 0 Å². The van der Waals surface area contributed by atoms with Gasteiger partial charge in [-0.05, 0) is 57.0 Å². The first-order valence-corrected chi connectivity index (χ1v) is 14.9. The summed E-state index contributed by atoms with van der Waals surface area (Å²) in [6.45, 7) is 7.24. The summed E-state index contributed by atoms with van der Waals surface area (Å²) < 4.78 is 26.6. The molecule has 0 bridgehead atoms. The van der Waals surface area contributed by atoms with Gasteiger partial charge in [0.1, 0.15) is 12.6 Å². The summed E-state index contributed by atoms with van der Waals surface area (Å²) >= 11 is 6.13. The summed E-state index contributed by atoms with van der Waals surface area (Å²) in [5.41, 5.74) is 2.50. The second-order valence-corrected chi connectivity index (χ2v) is 13.0. The molecule has 3 aromatic rings. The van der Waals surface area contributed by atoms with Crippen molar-refractivity contribution in [2.75, 3.05) is 17.1 Å². The lowest BCUT2D eigenvalue weighted by Crippen LogP contribution is -2.56. The van der Waals surface area contributed by atoms with Crippen LogP contribution in [0.1, 0.15) is 37.5 Å². The minimum absolute atomic E-state index is 0.126. The normalized spacial score (nSPS) is 12.5. The number of hydrogen-bond donors (Lipinski definition) is 1. The molecule has 0 fully saturated rings. The summed E-state index contributed by atoms with van der Waals surface area (Å²) in [5.74, 6) is -0.827. The topological polar surface area (TPSA) is 86.8 Å². The smallest absolute Gasteiger partial charge is 0.244 e. The van der Waals surface area contributed by atoms with E-state index < -0.39 is 34.1 Å². The highest BCUT2D eigenvalue weighted by Crippen LogP contribution is 2.23. The van der Waals surface area contributed by atoms with E-state index in [9.17, 15) is 18.0 Å². The average molecular weight is 570 g/mol. The Labute approximate surface area is 236 Å². The summed E-state index contributed by atoms with van der Waals surface area (Å²) in [6.07, 6.45) is 1.30. The molecule has 0 aliphatic carbocycles. The number of carbonyl (C=O) groups excluding carboxylic acids is 2. The maximum absolute atomic E-state index is 14.0. The second kappa shape index (κ2) is 12.7. The lowest BCUT2D eigenvalue weighted by atomic mass is 10.0. The predicted molar refractivity (Wildman–Crippen MR) is 157 cm³/mol.